The van der Waals surface area contributed by atoms with E-state index in [4.69, 9.17) is 0 Å². The van der Waals surface area contributed by atoms with Crippen molar-refractivity contribution in [2.75, 3.05) is 11.9 Å². The van der Waals surface area contributed by atoms with Crippen molar-refractivity contribution >= 4 is 11.6 Å². The fourth-order valence-corrected chi connectivity index (χ4v) is 1.96. The number of rotatable bonds is 2. The second-order valence-corrected chi connectivity index (χ2v) is 3.97. The van der Waals surface area contributed by atoms with E-state index in [9.17, 15) is 4.79 Å². The molecule has 1 aromatic heterocycles. The first kappa shape index (κ1) is 10.2. The Morgan fingerprint density at radius 2 is 2.53 bits per heavy atom. The van der Waals surface area contributed by atoms with Gasteiger partial charge in [0, 0.05) is 12.2 Å². The Morgan fingerprint density at radius 1 is 1.67 bits per heavy atom. The van der Waals surface area contributed by atoms with Crippen molar-refractivity contribution in [3.63, 3.8) is 0 Å². The number of piperidine rings is 1. The van der Waals surface area contributed by atoms with Crippen LogP contribution in [0.2, 0.25) is 0 Å². The standard InChI is InChI=1S/C10H16N4O/c1-7-9(3-2-4-11-7)10(15)14-8-5-12-13-6-8/h5-7,9,11H,2-4H2,1H3,(H,12,13)(H,14,15)/t7-,9-/m1/s1. The number of aromatic amines is 1. The zero-order chi connectivity index (χ0) is 10.7. The van der Waals surface area contributed by atoms with Gasteiger partial charge in [-0.15, -0.1) is 0 Å². The first-order chi connectivity index (χ1) is 7.27. The van der Waals surface area contributed by atoms with Crippen LogP contribution >= 0.6 is 0 Å². The fourth-order valence-electron chi connectivity index (χ4n) is 1.96. The van der Waals surface area contributed by atoms with Gasteiger partial charge in [0.2, 0.25) is 5.91 Å². The van der Waals surface area contributed by atoms with Gasteiger partial charge in [0.1, 0.15) is 0 Å². The summed E-state index contributed by atoms with van der Waals surface area (Å²) in [6.45, 7) is 3.06. The maximum Gasteiger partial charge on any atom is 0.229 e. The van der Waals surface area contributed by atoms with Gasteiger partial charge in [-0.25, -0.2) is 0 Å². The lowest BCUT2D eigenvalue weighted by atomic mass is 9.91. The van der Waals surface area contributed by atoms with E-state index in [1.807, 2.05) is 0 Å². The van der Waals surface area contributed by atoms with Crippen molar-refractivity contribution in [3.8, 4) is 0 Å². The van der Waals surface area contributed by atoms with Crippen LogP contribution in [0.3, 0.4) is 0 Å². The minimum absolute atomic E-state index is 0.0636. The minimum atomic E-state index is 0.0636. The summed E-state index contributed by atoms with van der Waals surface area (Å²) in [6, 6.07) is 0.255. The van der Waals surface area contributed by atoms with Crippen molar-refractivity contribution in [1.29, 1.82) is 0 Å². The number of H-pyrrole nitrogens is 1. The molecule has 1 aliphatic heterocycles. The lowest BCUT2D eigenvalue weighted by molar-refractivity contribution is -0.121. The Labute approximate surface area is 88.6 Å². The molecule has 0 saturated carbocycles. The van der Waals surface area contributed by atoms with Crippen molar-refractivity contribution in [3.05, 3.63) is 12.4 Å². The summed E-state index contributed by atoms with van der Waals surface area (Å²) in [7, 11) is 0. The first-order valence-corrected chi connectivity index (χ1v) is 5.30. The van der Waals surface area contributed by atoms with Crippen molar-refractivity contribution < 1.29 is 4.79 Å². The number of carbonyl (C=O) groups excluding carboxylic acids is 1. The molecule has 0 unspecified atom stereocenters. The van der Waals surface area contributed by atoms with E-state index in [0.29, 0.717) is 0 Å². The summed E-state index contributed by atoms with van der Waals surface area (Å²) in [5.41, 5.74) is 0.734. The predicted molar refractivity (Wildman–Crippen MR) is 57.4 cm³/mol. The van der Waals surface area contributed by atoms with Gasteiger partial charge >= 0.3 is 0 Å². The molecule has 0 aliphatic carbocycles. The normalized spacial score (nSPS) is 26.2. The molecule has 0 aromatic carbocycles. The molecular formula is C10H16N4O. The van der Waals surface area contributed by atoms with Crippen LogP contribution in [0.15, 0.2) is 12.4 Å². The maximum atomic E-state index is 11.9. The van der Waals surface area contributed by atoms with Gasteiger partial charge in [0.25, 0.3) is 0 Å². The van der Waals surface area contributed by atoms with E-state index in [1.54, 1.807) is 12.4 Å². The molecular weight excluding hydrogens is 192 g/mol. The third-order valence-electron chi connectivity index (χ3n) is 2.86. The lowest BCUT2D eigenvalue weighted by Gasteiger charge is -2.28. The number of hydrogen-bond acceptors (Lipinski definition) is 3. The second-order valence-electron chi connectivity index (χ2n) is 3.97. The summed E-state index contributed by atoms with van der Waals surface area (Å²) in [4.78, 5) is 11.9. The van der Waals surface area contributed by atoms with Crippen molar-refractivity contribution in [1.82, 2.24) is 15.5 Å². The summed E-state index contributed by atoms with van der Waals surface area (Å²) < 4.78 is 0. The molecule has 3 N–H and O–H groups in total. The molecule has 2 rings (SSSR count). The number of hydrogen-bond donors (Lipinski definition) is 3. The van der Waals surface area contributed by atoms with E-state index in [0.717, 1.165) is 25.1 Å². The largest absolute Gasteiger partial charge is 0.323 e. The lowest BCUT2D eigenvalue weighted by Crippen LogP contribution is -2.44. The average molecular weight is 208 g/mol. The summed E-state index contributed by atoms with van der Waals surface area (Å²) in [6.07, 6.45) is 5.31. The number of carbonyl (C=O) groups is 1. The van der Waals surface area contributed by atoms with Crippen molar-refractivity contribution in [2.45, 2.75) is 25.8 Å². The number of nitrogens with zero attached hydrogens (tertiary/aromatic N) is 1. The highest BCUT2D eigenvalue weighted by Gasteiger charge is 2.27. The minimum Gasteiger partial charge on any atom is -0.323 e. The van der Waals surface area contributed by atoms with Crippen LogP contribution in [0.1, 0.15) is 19.8 Å². The van der Waals surface area contributed by atoms with Gasteiger partial charge in [-0.2, -0.15) is 5.10 Å². The number of nitrogens with one attached hydrogen (secondary N) is 3. The maximum absolute atomic E-state index is 11.9. The number of anilines is 1. The first-order valence-electron chi connectivity index (χ1n) is 5.30. The molecule has 15 heavy (non-hydrogen) atoms. The van der Waals surface area contributed by atoms with Crippen LogP contribution in [0.4, 0.5) is 5.69 Å². The van der Waals surface area contributed by atoms with Gasteiger partial charge in [0.05, 0.1) is 17.8 Å². The SMILES string of the molecule is C[C@H]1NCCC[C@H]1C(=O)Nc1cn[nH]c1. The zero-order valence-electron chi connectivity index (χ0n) is 8.79. The Kier molecular flexibility index (Phi) is 3.01. The van der Waals surface area contributed by atoms with Gasteiger partial charge < -0.3 is 10.6 Å². The number of aromatic nitrogens is 2. The molecule has 82 valence electrons. The quantitative estimate of drug-likeness (QED) is 0.671. The highest BCUT2D eigenvalue weighted by atomic mass is 16.1. The van der Waals surface area contributed by atoms with E-state index in [2.05, 4.69) is 27.8 Å². The Balaban J connectivity index is 1.95. The van der Waals surface area contributed by atoms with Crippen LogP contribution in [0.25, 0.3) is 0 Å². The molecule has 1 fully saturated rings. The van der Waals surface area contributed by atoms with Crippen LogP contribution in [0, 0.1) is 5.92 Å². The van der Waals surface area contributed by atoms with E-state index < -0.39 is 0 Å². The van der Waals surface area contributed by atoms with Crippen LogP contribution in [0.5, 0.6) is 0 Å². The Morgan fingerprint density at radius 3 is 3.20 bits per heavy atom. The van der Waals surface area contributed by atoms with Gasteiger partial charge in [-0.1, -0.05) is 0 Å². The summed E-state index contributed by atoms with van der Waals surface area (Å²) in [5.74, 6) is 0.143. The third-order valence-corrected chi connectivity index (χ3v) is 2.86. The highest BCUT2D eigenvalue weighted by Crippen LogP contribution is 2.18. The zero-order valence-corrected chi connectivity index (χ0v) is 8.79. The topological polar surface area (TPSA) is 69.8 Å². The van der Waals surface area contributed by atoms with E-state index >= 15 is 0 Å². The molecule has 1 amide bonds. The Bertz CT molecular complexity index is 322. The number of amides is 1. The van der Waals surface area contributed by atoms with Crippen LogP contribution in [-0.2, 0) is 4.79 Å². The smallest absolute Gasteiger partial charge is 0.229 e. The molecule has 1 aliphatic rings. The Hall–Kier alpha value is -1.36. The fraction of sp³-hybridized carbons (Fsp3) is 0.600. The molecule has 5 heteroatoms. The molecule has 0 spiro atoms. The molecule has 1 saturated heterocycles. The predicted octanol–water partition coefficient (Wildman–Crippen LogP) is 0.736. The third kappa shape index (κ3) is 2.36. The van der Waals surface area contributed by atoms with Crippen molar-refractivity contribution in [2.24, 2.45) is 5.92 Å². The monoisotopic (exact) mass is 208 g/mol. The van der Waals surface area contributed by atoms with Crippen LogP contribution < -0.4 is 10.6 Å². The molecule has 2 atom stereocenters. The molecule has 0 radical (unpaired) electrons. The molecule has 2 heterocycles. The second kappa shape index (κ2) is 4.44. The van der Waals surface area contributed by atoms with E-state index in [1.165, 1.54) is 0 Å². The van der Waals surface area contributed by atoms with Gasteiger partial charge in [-0.05, 0) is 26.3 Å². The highest BCUT2D eigenvalue weighted by molar-refractivity contribution is 5.92. The van der Waals surface area contributed by atoms with Gasteiger partial charge in [-0.3, -0.25) is 9.89 Å². The summed E-state index contributed by atoms with van der Waals surface area (Å²) in [5, 5.41) is 12.6. The molecule has 0 bridgehead atoms. The van der Waals surface area contributed by atoms with E-state index in [-0.39, 0.29) is 17.9 Å². The van der Waals surface area contributed by atoms with Gasteiger partial charge in [0.15, 0.2) is 0 Å². The molecule has 5 nitrogen and oxygen atoms in total. The molecule has 1 aromatic rings. The van der Waals surface area contributed by atoms with Crippen LogP contribution in [-0.4, -0.2) is 28.7 Å². The summed E-state index contributed by atoms with van der Waals surface area (Å²) >= 11 is 0. The average Bonchev–Trinajstić information content (AvgIpc) is 2.71.